The van der Waals surface area contributed by atoms with E-state index in [0.717, 1.165) is 10.9 Å². The molecule has 2 aromatic carbocycles. The van der Waals surface area contributed by atoms with E-state index in [4.69, 9.17) is 18.9 Å². The van der Waals surface area contributed by atoms with E-state index < -0.39 is 18.4 Å². The van der Waals surface area contributed by atoms with Crippen LogP contribution in [-0.2, 0) is 4.74 Å². The number of rotatable bonds is 7. The molecule has 0 fully saturated rings. The van der Waals surface area contributed by atoms with Crippen LogP contribution < -0.4 is 14.2 Å². The second-order valence-corrected chi connectivity index (χ2v) is 6.25. The van der Waals surface area contributed by atoms with Gasteiger partial charge in [-0.1, -0.05) is 0 Å². The molecular formula is C22H21NO6. The Balaban J connectivity index is 1.80. The number of hydrogen-bond acceptors (Lipinski definition) is 7. The second kappa shape index (κ2) is 8.60. The molecule has 0 radical (unpaired) electrons. The summed E-state index contributed by atoms with van der Waals surface area (Å²) >= 11 is 0. The Morgan fingerprint density at radius 1 is 0.862 bits per heavy atom. The molecule has 0 atom stereocenters. The number of hydrogen-bond donors (Lipinski definition) is 0. The lowest BCUT2D eigenvalue weighted by atomic mass is 10.1. The van der Waals surface area contributed by atoms with Gasteiger partial charge in [0.15, 0.2) is 6.61 Å². The number of carbonyl (C=O) groups excluding carboxylic acids is 2. The fraction of sp³-hybridized carbons (Fsp3) is 0.227. The van der Waals surface area contributed by atoms with Crippen molar-refractivity contribution in [3.8, 4) is 17.2 Å². The van der Waals surface area contributed by atoms with Crippen LogP contribution in [0.25, 0.3) is 10.9 Å². The average molecular weight is 395 g/mol. The minimum atomic E-state index is -0.630. The van der Waals surface area contributed by atoms with Crippen molar-refractivity contribution in [2.75, 3.05) is 27.9 Å². The molecule has 0 N–H and O–H groups in total. The Hall–Kier alpha value is -3.61. The van der Waals surface area contributed by atoms with Gasteiger partial charge in [0.2, 0.25) is 5.78 Å². The molecule has 0 amide bonds. The first-order valence-electron chi connectivity index (χ1n) is 8.84. The highest BCUT2D eigenvalue weighted by atomic mass is 16.5. The van der Waals surface area contributed by atoms with Gasteiger partial charge in [-0.2, -0.15) is 0 Å². The largest absolute Gasteiger partial charge is 0.497 e. The molecular weight excluding hydrogens is 374 g/mol. The van der Waals surface area contributed by atoms with Crippen LogP contribution in [0.5, 0.6) is 17.2 Å². The van der Waals surface area contributed by atoms with Gasteiger partial charge >= 0.3 is 5.97 Å². The Bertz CT molecular complexity index is 1080. The Morgan fingerprint density at radius 2 is 1.55 bits per heavy atom. The molecule has 0 saturated heterocycles. The number of fused-ring (bicyclic) bond motifs is 1. The fourth-order valence-corrected chi connectivity index (χ4v) is 2.90. The minimum absolute atomic E-state index is 0.276. The zero-order chi connectivity index (χ0) is 21.0. The summed E-state index contributed by atoms with van der Waals surface area (Å²) in [5, 5.41) is 0.739. The lowest BCUT2D eigenvalue weighted by molar-refractivity contribution is 0.0473. The topological polar surface area (TPSA) is 84.0 Å². The SMILES string of the molecule is COc1ccc(OC)c(C(=O)COC(=O)c2cc3cc(OC)ccc3nc2C)c1. The van der Waals surface area contributed by atoms with E-state index in [0.29, 0.717) is 22.9 Å². The monoisotopic (exact) mass is 395 g/mol. The van der Waals surface area contributed by atoms with Crippen molar-refractivity contribution < 1.29 is 28.5 Å². The molecule has 150 valence electrons. The maximum atomic E-state index is 12.6. The predicted molar refractivity (Wildman–Crippen MR) is 107 cm³/mol. The molecule has 0 aliphatic carbocycles. The fourth-order valence-electron chi connectivity index (χ4n) is 2.90. The third-order valence-electron chi connectivity index (χ3n) is 4.47. The summed E-state index contributed by atoms with van der Waals surface area (Å²) in [5.41, 5.74) is 1.81. The van der Waals surface area contributed by atoms with Crippen LogP contribution in [0.2, 0.25) is 0 Å². The quantitative estimate of drug-likeness (QED) is 0.446. The van der Waals surface area contributed by atoms with E-state index >= 15 is 0 Å². The average Bonchev–Trinajstić information content (AvgIpc) is 2.75. The zero-order valence-electron chi connectivity index (χ0n) is 16.6. The van der Waals surface area contributed by atoms with E-state index in [-0.39, 0.29) is 11.1 Å². The highest BCUT2D eigenvalue weighted by molar-refractivity contribution is 6.02. The van der Waals surface area contributed by atoms with Crippen molar-refractivity contribution >= 4 is 22.7 Å². The summed E-state index contributed by atoms with van der Waals surface area (Å²) < 4.78 is 20.8. The summed E-state index contributed by atoms with van der Waals surface area (Å²) in [6, 6.07) is 11.9. The Kier molecular flexibility index (Phi) is 5.97. The number of methoxy groups -OCH3 is 3. The van der Waals surface area contributed by atoms with Gasteiger partial charge in [-0.3, -0.25) is 9.78 Å². The molecule has 7 nitrogen and oxygen atoms in total. The molecule has 0 saturated carbocycles. The molecule has 0 spiro atoms. The first-order valence-corrected chi connectivity index (χ1v) is 8.84. The number of ether oxygens (including phenoxy) is 4. The van der Waals surface area contributed by atoms with Gasteiger partial charge in [-0.05, 0) is 49.4 Å². The van der Waals surface area contributed by atoms with Crippen LogP contribution in [0.15, 0.2) is 42.5 Å². The summed E-state index contributed by atoms with van der Waals surface area (Å²) in [6.45, 7) is 1.28. The van der Waals surface area contributed by atoms with Crippen molar-refractivity contribution in [2.24, 2.45) is 0 Å². The van der Waals surface area contributed by atoms with Crippen LogP contribution in [0.3, 0.4) is 0 Å². The zero-order valence-corrected chi connectivity index (χ0v) is 16.6. The number of aromatic nitrogens is 1. The Morgan fingerprint density at radius 3 is 2.24 bits per heavy atom. The molecule has 1 heterocycles. The maximum Gasteiger partial charge on any atom is 0.340 e. The van der Waals surface area contributed by atoms with E-state index in [1.54, 1.807) is 50.4 Å². The predicted octanol–water partition coefficient (Wildman–Crippen LogP) is 3.61. The number of benzene rings is 2. The van der Waals surface area contributed by atoms with Crippen LogP contribution in [0.4, 0.5) is 0 Å². The molecule has 0 unspecified atom stereocenters. The van der Waals surface area contributed by atoms with E-state index in [1.807, 2.05) is 6.07 Å². The van der Waals surface area contributed by atoms with E-state index in [1.165, 1.54) is 14.2 Å². The first-order chi connectivity index (χ1) is 14.0. The summed E-state index contributed by atoms with van der Waals surface area (Å²) in [4.78, 5) is 29.6. The second-order valence-electron chi connectivity index (χ2n) is 6.25. The lowest BCUT2D eigenvalue weighted by Crippen LogP contribution is -2.16. The summed E-state index contributed by atoms with van der Waals surface area (Å²) in [7, 11) is 4.53. The van der Waals surface area contributed by atoms with Crippen molar-refractivity contribution in [1.29, 1.82) is 0 Å². The van der Waals surface area contributed by atoms with Gasteiger partial charge < -0.3 is 18.9 Å². The van der Waals surface area contributed by atoms with Gasteiger partial charge in [-0.15, -0.1) is 0 Å². The summed E-state index contributed by atoms with van der Waals surface area (Å²) in [6.07, 6.45) is 0. The van der Waals surface area contributed by atoms with Crippen LogP contribution in [-0.4, -0.2) is 44.7 Å². The van der Waals surface area contributed by atoms with Gasteiger partial charge in [0.25, 0.3) is 0 Å². The minimum Gasteiger partial charge on any atom is -0.497 e. The standard InChI is InChI=1S/C22H21NO6/c1-13-17(10-14-9-15(26-2)5-7-19(14)23-13)22(25)29-12-20(24)18-11-16(27-3)6-8-21(18)28-4/h5-11H,12H2,1-4H3. The number of carbonyl (C=O) groups is 2. The molecule has 7 heteroatoms. The maximum absolute atomic E-state index is 12.6. The molecule has 29 heavy (non-hydrogen) atoms. The van der Waals surface area contributed by atoms with Gasteiger partial charge in [0, 0.05) is 5.39 Å². The van der Waals surface area contributed by atoms with Crippen molar-refractivity contribution in [1.82, 2.24) is 4.98 Å². The molecule has 0 aliphatic heterocycles. The number of esters is 1. The van der Waals surface area contributed by atoms with E-state index in [9.17, 15) is 9.59 Å². The number of nitrogens with zero attached hydrogens (tertiary/aromatic N) is 1. The van der Waals surface area contributed by atoms with Crippen LogP contribution in [0.1, 0.15) is 26.4 Å². The first kappa shape index (κ1) is 20.1. The molecule has 0 aliphatic rings. The highest BCUT2D eigenvalue weighted by Gasteiger charge is 2.18. The number of Topliss-reactive ketones (excluding diaryl/α,β-unsaturated/α-hetero) is 1. The van der Waals surface area contributed by atoms with Crippen molar-refractivity contribution in [3.63, 3.8) is 0 Å². The normalized spacial score (nSPS) is 10.5. The number of aryl methyl sites for hydroxylation is 1. The summed E-state index contributed by atoms with van der Waals surface area (Å²) in [5.74, 6) is 0.506. The van der Waals surface area contributed by atoms with Gasteiger partial charge in [0.05, 0.1) is 43.7 Å². The van der Waals surface area contributed by atoms with Gasteiger partial charge in [0.1, 0.15) is 17.2 Å². The Labute approximate surface area is 168 Å². The number of pyridine rings is 1. The van der Waals surface area contributed by atoms with Crippen molar-refractivity contribution in [3.05, 3.63) is 59.3 Å². The molecule has 1 aromatic heterocycles. The van der Waals surface area contributed by atoms with Crippen LogP contribution >= 0.6 is 0 Å². The molecule has 3 rings (SSSR count). The van der Waals surface area contributed by atoms with Crippen molar-refractivity contribution in [2.45, 2.75) is 6.92 Å². The third kappa shape index (κ3) is 4.29. The van der Waals surface area contributed by atoms with Crippen LogP contribution in [0, 0.1) is 6.92 Å². The van der Waals surface area contributed by atoms with Gasteiger partial charge in [-0.25, -0.2) is 4.79 Å². The third-order valence-corrected chi connectivity index (χ3v) is 4.47. The van der Waals surface area contributed by atoms with E-state index in [2.05, 4.69) is 4.98 Å². The smallest absolute Gasteiger partial charge is 0.340 e. The molecule has 0 bridgehead atoms. The number of ketones is 1. The molecule has 3 aromatic rings. The highest BCUT2D eigenvalue weighted by Crippen LogP contribution is 2.25. The lowest BCUT2D eigenvalue weighted by Gasteiger charge is -2.11.